The summed E-state index contributed by atoms with van der Waals surface area (Å²) >= 11 is 0. The Hall–Kier alpha value is -3.85. The molecule has 13 nitrogen and oxygen atoms in total. The molecule has 2 aromatic carbocycles. The molecule has 2 saturated heterocycles. The van der Waals surface area contributed by atoms with Crippen LogP contribution in [-0.4, -0.2) is 104 Å². The lowest BCUT2D eigenvalue weighted by Gasteiger charge is -2.54. The van der Waals surface area contributed by atoms with E-state index in [1.165, 1.54) is 10.6 Å². The average Bonchev–Trinajstić information content (AvgIpc) is 3.09. The van der Waals surface area contributed by atoms with Gasteiger partial charge in [-0.3, -0.25) is 19.2 Å². The Morgan fingerprint density at radius 2 is 1.29 bits per heavy atom. The topological polar surface area (TPSA) is 197 Å². The van der Waals surface area contributed by atoms with Crippen molar-refractivity contribution in [1.29, 1.82) is 0 Å². The van der Waals surface area contributed by atoms with Gasteiger partial charge in [-0.2, -0.15) is 0 Å². The van der Waals surface area contributed by atoms with E-state index in [1.807, 2.05) is 74.5 Å². The molecular weight excluding hydrogens is 683 g/mol. The summed E-state index contributed by atoms with van der Waals surface area (Å²) in [5.41, 5.74) is 13.6. The van der Waals surface area contributed by atoms with Crippen molar-refractivity contribution in [1.82, 2.24) is 25.2 Å². The molecule has 52 heavy (non-hydrogen) atoms. The lowest BCUT2D eigenvalue weighted by Crippen LogP contribution is -2.65. The molecule has 0 bridgehead atoms. The maximum atomic E-state index is 13.9. The van der Waals surface area contributed by atoms with Crippen molar-refractivity contribution in [3.8, 4) is 0 Å². The molecule has 0 aromatic heterocycles. The smallest absolute Gasteiger partial charge is 0.245 e. The first-order chi connectivity index (χ1) is 24.7. The summed E-state index contributed by atoms with van der Waals surface area (Å²) in [5.74, 6) is -1.66. The predicted octanol–water partition coefficient (Wildman–Crippen LogP) is 1.31. The molecular formula is C38H57N7O6S. The van der Waals surface area contributed by atoms with Crippen molar-refractivity contribution < 1.29 is 27.6 Å². The number of amides is 4. The second-order valence-corrected chi connectivity index (χ2v) is 16.9. The van der Waals surface area contributed by atoms with Crippen LogP contribution < -0.4 is 27.4 Å². The molecule has 0 unspecified atom stereocenters. The highest BCUT2D eigenvalue weighted by Crippen LogP contribution is 2.41. The minimum absolute atomic E-state index is 0.0249. The van der Waals surface area contributed by atoms with Gasteiger partial charge >= 0.3 is 0 Å². The Morgan fingerprint density at radius 1 is 0.769 bits per heavy atom. The molecule has 2 aliphatic rings. The summed E-state index contributed by atoms with van der Waals surface area (Å²) in [7, 11) is -3.26. The number of carbonyl (C=O) groups is 4. The van der Waals surface area contributed by atoms with Crippen LogP contribution in [0.5, 0.6) is 0 Å². The first kappa shape index (κ1) is 40.9. The van der Waals surface area contributed by atoms with Crippen molar-refractivity contribution >= 4 is 33.7 Å². The average molecular weight is 740 g/mol. The third kappa shape index (κ3) is 11.8. The van der Waals surface area contributed by atoms with Gasteiger partial charge in [0.15, 0.2) is 0 Å². The fourth-order valence-electron chi connectivity index (χ4n) is 7.04. The van der Waals surface area contributed by atoms with Crippen LogP contribution in [0.2, 0.25) is 0 Å². The standard InChI is InChI=1S/C38H57N7O6S/c1-27(2)22-32(43-36(48)33(24-29-14-8-5-9-15-29)42-34(46)30(40)23-28-12-6-4-7-13-28)35(47)41-31(16-10-11-19-39)37(49)44-25-38(26-44)17-20-45(21-18-38)52(3,50)51/h4-9,12-15,27,30-33H,10-11,16-26,39-40H2,1-3H3,(H,41,47)(H,42,46)(H,43,48)/t30-,31-,32-,33-/m1/s1. The van der Waals surface area contributed by atoms with E-state index >= 15 is 0 Å². The summed E-state index contributed by atoms with van der Waals surface area (Å²) in [4.78, 5) is 56.7. The molecule has 4 rings (SSSR count). The molecule has 14 heteroatoms. The van der Waals surface area contributed by atoms with Crippen LogP contribution in [0, 0.1) is 11.3 Å². The van der Waals surface area contributed by atoms with E-state index in [2.05, 4.69) is 16.0 Å². The number of benzene rings is 2. The zero-order valence-corrected chi connectivity index (χ0v) is 31.6. The van der Waals surface area contributed by atoms with E-state index in [0.717, 1.165) is 11.1 Å². The van der Waals surface area contributed by atoms with Crippen LogP contribution in [-0.2, 0) is 42.0 Å². The molecule has 1 spiro atoms. The van der Waals surface area contributed by atoms with Gasteiger partial charge in [0.1, 0.15) is 18.1 Å². The fourth-order valence-corrected chi connectivity index (χ4v) is 7.89. The summed E-state index contributed by atoms with van der Waals surface area (Å²) in [6.45, 7) is 6.21. The molecule has 4 atom stereocenters. The van der Waals surface area contributed by atoms with E-state index in [-0.39, 0.29) is 23.7 Å². The number of unbranched alkanes of at least 4 members (excludes halogenated alkanes) is 1. The number of hydrogen-bond acceptors (Lipinski definition) is 8. The minimum Gasteiger partial charge on any atom is -0.343 e. The Labute approximate surface area is 308 Å². The molecule has 286 valence electrons. The van der Waals surface area contributed by atoms with Gasteiger partial charge in [0.25, 0.3) is 0 Å². The van der Waals surface area contributed by atoms with Crippen molar-refractivity contribution in [3.63, 3.8) is 0 Å². The van der Waals surface area contributed by atoms with Gasteiger partial charge in [-0.15, -0.1) is 0 Å². The van der Waals surface area contributed by atoms with Crippen LogP contribution >= 0.6 is 0 Å². The molecule has 0 radical (unpaired) electrons. The number of rotatable bonds is 18. The molecule has 2 aromatic rings. The van der Waals surface area contributed by atoms with Crippen LogP contribution in [0.4, 0.5) is 0 Å². The van der Waals surface area contributed by atoms with Crippen molar-refractivity contribution in [2.24, 2.45) is 22.8 Å². The third-order valence-electron chi connectivity index (χ3n) is 10.1. The normalized spacial score (nSPS) is 18.2. The molecule has 7 N–H and O–H groups in total. The Morgan fingerprint density at radius 3 is 1.83 bits per heavy atom. The maximum Gasteiger partial charge on any atom is 0.245 e. The van der Waals surface area contributed by atoms with E-state index < -0.39 is 51.9 Å². The molecule has 4 amide bonds. The Bertz CT molecular complexity index is 1590. The van der Waals surface area contributed by atoms with Gasteiger partial charge in [-0.25, -0.2) is 12.7 Å². The van der Waals surface area contributed by atoms with Gasteiger partial charge in [0.2, 0.25) is 33.7 Å². The number of hydrogen-bond donors (Lipinski definition) is 5. The quantitative estimate of drug-likeness (QED) is 0.141. The number of nitrogens with two attached hydrogens (primary N) is 2. The van der Waals surface area contributed by atoms with Crippen molar-refractivity contribution in [2.45, 2.75) is 89.4 Å². The number of carbonyl (C=O) groups excluding carboxylic acids is 4. The van der Waals surface area contributed by atoms with Gasteiger partial charge in [-0.1, -0.05) is 74.5 Å². The third-order valence-corrected chi connectivity index (χ3v) is 11.4. The first-order valence-electron chi connectivity index (χ1n) is 18.4. The lowest BCUT2D eigenvalue weighted by atomic mass is 9.72. The first-order valence-corrected chi connectivity index (χ1v) is 20.2. The van der Waals surface area contributed by atoms with Crippen molar-refractivity contribution in [3.05, 3.63) is 71.8 Å². The number of nitrogens with zero attached hydrogens (tertiary/aromatic N) is 2. The summed E-state index contributed by atoms with van der Waals surface area (Å²) in [6, 6.07) is 15.0. The second-order valence-electron chi connectivity index (χ2n) is 14.9. The zero-order valence-electron chi connectivity index (χ0n) is 30.8. The van der Waals surface area contributed by atoms with Gasteiger partial charge < -0.3 is 32.3 Å². The van der Waals surface area contributed by atoms with E-state index in [1.54, 1.807) is 4.90 Å². The summed E-state index contributed by atoms with van der Waals surface area (Å²) in [5, 5.41) is 8.67. The molecule has 2 fully saturated rings. The van der Waals surface area contributed by atoms with E-state index in [4.69, 9.17) is 11.5 Å². The monoisotopic (exact) mass is 739 g/mol. The minimum atomic E-state index is -3.26. The fraction of sp³-hybridized carbons (Fsp3) is 0.579. The van der Waals surface area contributed by atoms with Crippen LogP contribution in [0.25, 0.3) is 0 Å². The van der Waals surface area contributed by atoms with Crippen molar-refractivity contribution in [2.75, 3.05) is 39.0 Å². The number of piperidine rings is 1. The Balaban J connectivity index is 1.44. The van der Waals surface area contributed by atoms with Gasteiger partial charge in [0, 0.05) is 38.0 Å². The number of likely N-dealkylation sites (tertiary alicyclic amines) is 1. The predicted molar refractivity (Wildman–Crippen MR) is 201 cm³/mol. The van der Waals surface area contributed by atoms with Crippen LogP contribution in [0.15, 0.2) is 60.7 Å². The van der Waals surface area contributed by atoms with E-state index in [0.29, 0.717) is 77.7 Å². The number of sulfonamides is 1. The lowest BCUT2D eigenvalue weighted by molar-refractivity contribution is -0.150. The highest BCUT2D eigenvalue weighted by atomic mass is 32.2. The molecule has 2 heterocycles. The molecule has 0 saturated carbocycles. The maximum absolute atomic E-state index is 13.9. The zero-order chi connectivity index (χ0) is 37.9. The largest absolute Gasteiger partial charge is 0.343 e. The van der Waals surface area contributed by atoms with Crippen LogP contribution in [0.3, 0.4) is 0 Å². The highest BCUT2D eigenvalue weighted by Gasteiger charge is 2.49. The van der Waals surface area contributed by atoms with Gasteiger partial charge in [0.05, 0.1) is 12.3 Å². The summed E-state index contributed by atoms with van der Waals surface area (Å²) < 4.78 is 25.5. The SMILES string of the molecule is CC(C)C[C@@H](NC(=O)[C@@H](Cc1ccccc1)NC(=O)[C@H](N)Cc1ccccc1)C(=O)N[C@H](CCCCN)C(=O)N1CC2(CCN(S(C)(=O)=O)CC2)C1. The summed E-state index contributed by atoms with van der Waals surface area (Å²) in [6.07, 6.45) is 5.06. The van der Waals surface area contributed by atoms with Gasteiger partial charge in [-0.05, 0) is 68.5 Å². The van der Waals surface area contributed by atoms with E-state index in [9.17, 15) is 27.6 Å². The highest BCUT2D eigenvalue weighted by molar-refractivity contribution is 7.88. The number of nitrogens with one attached hydrogen (secondary N) is 3. The molecule has 0 aliphatic carbocycles. The second kappa shape index (κ2) is 18.8. The van der Waals surface area contributed by atoms with Crippen LogP contribution in [0.1, 0.15) is 63.5 Å². The molecule has 2 aliphatic heterocycles. The Kier molecular flexibility index (Phi) is 14.8.